The number of benzene rings is 2. The minimum atomic E-state index is 0.692. The van der Waals surface area contributed by atoms with Gasteiger partial charge in [0.25, 0.3) is 0 Å². The van der Waals surface area contributed by atoms with Crippen LogP contribution < -0.4 is 10.5 Å². The summed E-state index contributed by atoms with van der Waals surface area (Å²) >= 11 is 1.53. The fourth-order valence-corrected chi connectivity index (χ4v) is 3.09. The fourth-order valence-electron chi connectivity index (χ4n) is 2.19. The average Bonchev–Trinajstić information content (AvgIpc) is 3.02. The first-order valence-electron chi connectivity index (χ1n) is 7.08. The minimum Gasteiger partial charge on any atom is -0.494 e. The topological polar surface area (TPSA) is 78.8 Å². The van der Waals surface area contributed by atoms with Crippen molar-refractivity contribution in [3.8, 4) is 11.4 Å². The molecule has 0 spiro atoms. The Kier molecular flexibility index (Phi) is 4.47. The van der Waals surface area contributed by atoms with Gasteiger partial charge in [0.15, 0.2) is 0 Å². The number of nitrogen functional groups attached to an aromatic ring is 1. The van der Waals surface area contributed by atoms with Crippen molar-refractivity contribution >= 4 is 17.4 Å². The van der Waals surface area contributed by atoms with Gasteiger partial charge in [-0.05, 0) is 46.7 Å². The summed E-state index contributed by atoms with van der Waals surface area (Å²) < 4.78 is 7.11. The van der Waals surface area contributed by atoms with Crippen LogP contribution in [0.25, 0.3) is 5.69 Å². The Hall–Kier alpha value is -2.54. The van der Waals surface area contributed by atoms with Crippen molar-refractivity contribution in [3.63, 3.8) is 0 Å². The lowest BCUT2D eigenvalue weighted by Gasteiger charge is -2.10. The van der Waals surface area contributed by atoms with E-state index < -0.39 is 0 Å². The van der Waals surface area contributed by atoms with E-state index in [0.717, 1.165) is 28.3 Å². The van der Waals surface area contributed by atoms with Crippen molar-refractivity contribution < 1.29 is 4.74 Å². The summed E-state index contributed by atoms with van der Waals surface area (Å²) in [6.45, 7) is 2.02. The number of nitrogens with two attached hydrogens (primary N) is 1. The normalized spacial score (nSPS) is 10.7. The molecular formula is C16H17N5OS. The van der Waals surface area contributed by atoms with Gasteiger partial charge in [-0.3, -0.25) is 0 Å². The fraction of sp³-hybridized carbons (Fsp3) is 0.188. The number of nitrogens with zero attached hydrogens (tertiary/aromatic N) is 4. The largest absolute Gasteiger partial charge is 0.494 e. The van der Waals surface area contributed by atoms with Crippen molar-refractivity contribution in [2.45, 2.75) is 17.8 Å². The molecule has 3 rings (SSSR count). The predicted molar refractivity (Wildman–Crippen MR) is 90.9 cm³/mol. The monoisotopic (exact) mass is 327 g/mol. The zero-order valence-electron chi connectivity index (χ0n) is 12.9. The van der Waals surface area contributed by atoms with Crippen LogP contribution >= 0.6 is 11.8 Å². The molecule has 118 valence electrons. The van der Waals surface area contributed by atoms with Crippen molar-refractivity contribution in [1.29, 1.82) is 0 Å². The summed E-state index contributed by atoms with van der Waals surface area (Å²) in [5.74, 6) is 1.42. The smallest absolute Gasteiger partial charge is 0.214 e. The van der Waals surface area contributed by atoms with Gasteiger partial charge in [-0.2, -0.15) is 4.68 Å². The number of aryl methyl sites for hydroxylation is 1. The summed E-state index contributed by atoms with van der Waals surface area (Å²) in [5.41, 5.74) is 9.74. The Balaban J connectivity index is 1.88. The summed E-state index contributed by atoms with van der Waals surface area (Å²) in [4.78, 5) is 0. The molecule has 2 aromatic carbocycles. The molecule has 0 aliphatic carbocycles. The number of hydrogen-bond acceptors (Lipinski definition) is 6. The second kappa shape index (κ2) is 6.70. The first kappa shape index (κ1) is 15.4. The van der Waals surface area contributed by atoms with E-state index >= 15 is 0 Å². The van der Waals surface area contributed by atoms with Crippen LogP contribution in [0, 0.1) is 6.92 Å². The SMILES string of the molecule is COc1ccc(C)cc1-n1nnnc1SCc1ccccc1N. The van der Waals surface area contributed by atoms with E-state index in [-0.39, 0.29) is 0 Å². The van der Waals surface area contributed by atoms with Crippen LogP contribution in [0.3, 0.4) is 0 Å². The number of rotatable bonds is 5. The minimum absolute atomic E-state index is 0.692. The Morgan fingerprint density at radius 3 is 2.83 bits per heavy atom. The number of aromatic nitrogens is 4. The lowest BCUT2D eigenvalue weighted by Crippen LogP contribution is -2.03. The van der Waals surface area contributed by atoms with Gasteiger partial charge in [0.1, 0.15) is 11.4 Å². The summed E-state index contributed by atoms with van der Waals surface area (Å²) in [6, 6.07) is 13.7. The second-order valence-corrected chi connectivity index (χ2v) is 5.98. The maximum Gasteiger partial charge on any atom is 0.214 e. The van der Waals surface area contributed by atoms with Crippen molar-refractivity contribution in [2.75, 3.05) is 12.8 Å². The summed E-state index contributed by atoms with van der Waals surface area (Å²) in [5, 5.41) is 12.7. The Morgan fingerprint density at radius 2 is 2.04 bits per heavy atom. The molecule has 0 radical (unpaired) electrons. The average molecular weight is 327 g/mol. The van der Waals surface area contributed by atoms with Gasteiger partial charge in [-0.1, -0.05) is 36.0 Å². The molecular weight excluding hydrogens is 310 g/mol. The van der Waals surface area contributed by atoms with E-state index in [2.05, 4.69) is 15.5 Å². The molecule has 1 heterocycles. The van der Waals surface area contributed by atoms with E-state index in [0.29, 0.717) is 10.9 Å². The maximum absolute atomic E-state index is 5.98. The third-order valence-corrected chi connectivity index (χ3v) is 4.38. The van der Waals surface area contributed by atoms with Gasteiger partial charge in [0.2, 0.25) is 5.16 Å². The van der Waals surface area contributed by atoms with Crippen LogP contribution in [0.2, 0.25) is 0 Å². The number of tetrazole rings is 1. The molecule has 23 heavy (non-hydrogen) atoms. The standard InChI is InChI=1S/C16H17N5OS/c1-11-7-8-15(22-2)14(9-11)21-16(18-19-20-21)23-10-12-5-3-4-6-13(12)17/h3-9H,10,17H2,1-2H3. The molecule has 7 heteroatoms. The molecule has 3 aromatic rings. The third kappa shape index (κ3) is 3.29. The Labute approximate surface area is 138 Å². The Bertz CT molecular complexity index is 818. The van der Waals surface area contributed by atoms with Gasteiger partial charge < -0.3 is 10.5 Å². The zero-order valence-corrected chi connectivity index (χ0v) is 13.7. The highest BCUT2D eigenvalue weighted by Crippen LogP contribution is 2.29. The predicted octanol–water partition coefficient (Wildman–Crippen LogP) is 2.85. The molecule has 0 unspecified atom stereocenters. The van der Waals surface area contributed by atoms with E-state index in [9.17, 15) is 0 Å². The Morgan fingerprint density at radius 1 is 1.22 bits per heavy atom. The van der Waals surface area contributed by atoms with Crippen LogP contribution in [0.15, 0.2) is 47.6 Å². The number of thioether (sulfide) groups is 1. The molecule has 0 atom stereocenters. The quantitative estimate of drug-likeness (QED) is 0.573. The van der Waals surface area contributed by atoms with Gasteiger partial charge in [-0.15, -0.1) is 5.10 Å². The van der Waals surface area contributed by atoms with Crippen LogP contribution in [-0.4, -0.2) is 27.3 Å². The molecule has 1 aromatic heterocycles. The molecule has 0 fully saturated rings. The highest BCUT2D eigenvalue weighted by atomic mass is 32.2. The summed E-state index contributed by atoms with van der Waals surface area (Å²) in [6.07, 6.45) is 0. The van der Waals surface area contributed by atoms with Crippen molar-refractivity contribution in [2.24, 2.45) is 0 Å². The van der Waals surface area contributed by atoms with Gasteiger partial charge in [0.05, 0.1) is 7.11 Å². The molecule has 0 bridgehead atoms. The first-order chi connectivity index (χ1) is 11.2. The van der Waals surface area contributed by atoms with Crippen LogP contribution in [-0.2, 0) is 5.75 Å². The van der Waals surface area contributed by atoms with E-state index in [1.54, 1.807) is 11.8 Å². The number of ether oxygens (including phenoxy) is 1. The summed E-state index contributed by atoms with van der Waals surface area (Å²) in [7, 11) is 1.63. The zero-order chi connectivity index (χ0) is 16.2. The lowest BCUT2D eigenvalue weighted by atomic mass is 10.2. The molecule has 6 nitrogen and oxygen atoms in total. The van der Waals surface area contributed by atoms with Crippen LogP contribution in [0.4, 0.5) is 5.69 Å². The number of para-hydroxylation sites is 1. The van der Waals surface area contributed by atoms with Gasteiger partial charge >= 0.3 is 0 Å². The van der Waals surface area contributed by atoms with Crippen molar-refractivity contribution in [3.05, 3.63) is 53.6 Å². The van der Waals surface area contributed by atoms with E-state index in [4.69, 9.17) is 10.5 Å². The third-order valence-electron chi connectivity index (χ3n) is 3.42. The van der Waals surface area contributed by atoms with Gasteiger partial charge in [-0.25, -0.2) is 0 Å². The van der Waals surface area contributed by atoms with Crippen LogP contribution in [0.5, 0.6) is 5.75 Å². The second-order valence-electron chi connectivity index (χ2n) is 5.04. The van der Waals surface area contributed by atoms with Crippen molar-refractivity contribution in [1.82, 2.24) is 20.2 Å². The molecule has 0 saturated heterocycles. The first-order valence-corrected chi connectivity index (χ1v) is 8.07. The number of anilines is 1. The maximum atomic E-state index is 5.98. The number of hydrogen-bond donors (Lipinski definition) is 1. The number of methoxy groups -OCH3 is 1. The lowest BCUT2D eigenvalue weighted by molar-refractivity contribution is 0.410. The highest BCUT2D eigenvalue weighted by Gasteiger charge is 2.14. The highest BCUT2D eigenvalue weighted by molar-refractivity contribution is 7.98. The van der Waals surface area contributed by atoms with E-state index in [1.807, 2.05) is 49.4 Å². The molecule has 0 aliphatic heterocycles. The molecule has 0 amide bonds. The van der Waals surface area contributed by atoms with Gasteiger partial charge in [0, 0.05) is 11.4 Å². The molecule has 2 N–H and O–H groups in total. The molecule has 0 aliphatic rings. The molecule has 0 saturated carbocycles. The van der Waals surface area contributed by atoms with E-state index in [1.165, 1.54) is 11.8 Å². The van der Waals surface area contributed by atoms with Crippen LogP contribution in [0.1, 0.15) is 11.1 Å².